The summed E-state index contributed by atoms with van der Waals surface area (Å²) in [6.07, 6.45) is 2.53. The summed E-state index contributed by atoms with van der Waals surface area (Å²) in [7, 11) is 0. The molecule has 0 atom stereocenters. The molecule has 0 saturated heterocycles. The summed E-state index contributed by atoms with van der Waals surface area (Å²) < 4.78 is 0. The molecular weight excluding hydrogens is 305 g/mol. The average Bonchev–Trinajstić information content (AvgIpc) is 2.37. The minimum atomic E-state index is -1.15. The number of aromatic carboxylic acids is 1. The Morgan fingerprint density at radius 2 is 1.90 bits per heavy atom. The number of carbonyl (C=O) groups excluding carboxylic acids is 1. The van der Waals surface area contributed by atoms with Crippen LogP contribution in [0.1, 0.15) is 20.8 Å². The molecule has 0 aliphatic carbocycles. The summed E-state index contributed by atoms with van der Waals surface area (Å²) in [4.78, 5) is 30.3. The van der Waals surface area contributed by atoms with Crippen molar-refractivity contribution in [2.24, 2.45) is 0 Å². The molecule has 0 bridgehead atoms. The third-order valence-corrected chi connectivity index (χ3v) is 2.64. The Balaban J connectivity index is 2.26. The van der Waals surface area contributed by atoms with Crippen molar-refractivity contribution in [1.82, 2.24) is 9.97 Å². The summed E-state index contributed by atoms with van der Waals surface area (Å²) in [5.74, 6) is -1.72. The Bertz CT molecular complexity index is 691. The molecule has 2 aromatic rings. The molecular formula is C12H7Cl2N3O3. The van der Waals surface area contributed by atoms with E-state index >= 15 is 0 Å². The number of carboxylic acid groups (broad SMARTS) is 1. The smallest absolute Gasteiger partial charge is 0.335 e. The molecule has 8 heteroatoms. The van der Waals surface area contributed by atoms with Gasteiger partial charge < -0.3 is 10.4 Å². The van der Waals surface area contributed by atoms with E-state index < -0.39 is 11.9 Å². The lowest BCUT2D eigenvalue weighted by atomic mass is 10.2. The normalized spacial score (nSPS) is 10.1. The molecule has 1 heterocycles. The van der Waals surface area contributed by atoms with Crippen molar-refractivity contribution in [3.8, 4) is 0 Å². The lowest BCUT2D eigenvalue weighted by molar-refractivity contribution is 0.0696. The first-order valence-corrected chi connectivity index (χ1v) is 6.04. The van der Waals surface area contributed by atoms with Crippen LogP contribution in [0, 0.1) is 0 Å². The predicted molar refractivity (Wildman–Crippen MR) is 73.4 cm³/mol. The molecule has 2 rings (SSSR count). The number of aromatic nitrogens is 2. The molecule has 1 aromatic heterocycles. The number of nitrogens with zero attached hydrogens (tertiary/aromatic N) is 2. The first kappa shape index (κ1) is 14.2. The van der Waals surface area contributed by atoms with Gasteiger partial charge in [0.1, 0.15) is 10.8 Å². The van der Waals surface area contributed by atoms with E-state index in [2.05, 4.69) is 15.3 Å². The Labute approximate surface area is 123 Å². The topological polar surface area (TPSA) is 92.2 Å². The van der Waals surface area contributed by atoms with Gasteiger partial charge in [-0.15, -0.1) is 0 Å². The van der Waals surface area contributed by atoms with Crippen LogP contribution in [0.5, 0.6) is 0 Å². The number of benzene rings is 1. The summed E-state index contributed by atoms with van der Waals surface area (Å²) >= 11 is 11.4. The van der Waals surface area contributed by atoms with Gasteiger partial charge in [-0.25, -0.2) is 9.78 Å². The van der Waals surface area contributed by atoms with Crippen molar-refractivity contribution >= 4 is 40.8 Å². The van der Waals surface area contributed by atoms with Crippen molar-refractivity contribution in [2.45, 2.75) is 0 Å². The second-order valence-corrected chi connectivity index (χ2v) is 4.54. The van der Waals surface area contributed by atoms with E-state index in [1.807, 2.05) is 0 Å². The van der Waals surface area contributed by atoms with Crippen molar-refractivity contribution in [3.05, 3.63) is 52.0 Å². The number of hydrogen-bond donors (Lipinski definition) is 2. The summed E-state index contributed by atoms with van der Waals surface area (Å²) in [5.41, 5.74) is 0.209. The van der Waals surface area contributed by atoms with E-state index in [0.29, 0.717) is 0 Å². The van der Waals surface area contributed by atoms with Crippen LogP contribution in [0.15, 0.2) is 30.6 Å². The molecule has 0 fully saturated rings. The Morgan fingerprint density at radius 1 is 1.15 bits per heavy atom. The molecule has 0 aliphatic rings. The molecule has 0 spiro atoms. The van der Waals surface area contributed by atoms with Crippen LogP contribution in [-0.4, -0.2) is 27.0 Å². The van der Waals surface area contributed by atoms with Gasteiger partial charge >= 0.3 is 5.97 Å². The summed E-state index contributed by atoms with van der Waals surface area (Å²) in [5, 5.41) is 11.7. The number of hydrogen-bond acceptors (Lipinski definition) is 4. The van der Waals surface area contributed by atoms with Crippen molar-refractivity contribution in [1.29, 1.82) is 0 Å². The lowest BCUT2D eigenvalue weighted by Gasteiger charge is -2.06. The van der Waals surface area contributed by atoms with Gasteiger partial charge in [-0.1, -0.05) is 23.2 Å². The molecule has 0 saturated carbocycles. The second-order valence-electron chi connectivity index (χ2n) is 3.71. The van der Waals surface area contributed by atoms with Crippen LogP contribution in [0.2, 0.25) is 10.2 Å². The number of carboxylic acids is 1. The first-order chi connectivity index (χ1) is 9.45. The summed E-state index contributed by atoms with van der Waals surface area (Å²) in [6.45, 7) is 0. The van der Waals surface area contributed by atoms with E-state index in [9.17, 15) is 9.59 Å². The maximum Gasteiger partial charge on any atom is 0.335 e. The zero-order valence-corrected chi connectivity index (χ0v) is 11.3. The van der Waals surface area contributed by atoms with Gasteiger partial charge in [-0.2, -0.15) is 0 Å². The van der Waals surface area contributed by atoms with Gasteiger partial charge in [0.25, 0.3) is 5.91 Å². The molecule has 1 amide bonds. The van der Waals surface area contributed by atoms with Crippen LogP contribution in [-0.2, 0) is 0 Å². The lowest BCUT2D eigenvalue weighted by Crippen LogP contribution is -2.14. The van der Waals surface area contributed by atoms with Crippen LogP contribution in [0.4, 0.5) is 5.69 Å². The van der Waals surface area contributed by atoms with E-state index in [1.54, 1.807) is 0 Å². The van der Waals surface area contributed by atoms with Crippen LogP contribution in [0.3, 0.4) is 0 Å². The fourth-order valence-corrected chi connectivity index (χ4v) is 1.81. The highest BCUT2D eigenvalue weighted by Gasteiger charge is 2.11. The second kappa shape index (κ2) is 5.85. The highest BCUT2D eigenvalue weighted by atomic mass is 35.5. The average molecular weight is 312 g/mol. The fourth-order valence-electron chi connectivity index (χ4n) is 1.43. The van der Waals surface area contributed by atoms with Gasteiger partial charge in [0.2, 0.25) is 0 Å². The molecule has 0 aliphatic heterocycles. The highest BCUT2D eigenvalue weighted by molar-refractivity contribution is 6.31. The SMILES string of the molecule is O=C(O)c1cc(Cl)cc(NC(=O)c2cncc(Cl)n2)c1. The number of anilines is 1. The van der Waals surface area contributed by atoms with Gasteiger partial charge in [-0.3, -0.25) is 9.78 Å². The standard InChI is InChI=1S/C12H7Cl2N3O3/c13-7-1-6(12(19)20)2-8(3-7)16-11(18)9-4-15-5-10(14)17-9/h1-5H,(H,16,18)(H,19,20). The molecule has 2 N–H and O–H groups in total. The maximum absolute atomic E-state index is 11.9. The Hall–Kier alpha value is -2.18. The minimum Gasteiger partial charge on any atom is -0.478 e. The third-order valence-electron chi connectivity index (χ3n) is 2.24. The monoisotopic (exact) mass is 311 g/mol. The molecule has 1 aromatic carbocycles. The zero-order valence-electron chi connectivity index (χ0n) is 9.80. The fraction of sp³-hybridized carbons (Fsp3) is 0. The van der Waals surface area contributed by atoms with Crippen LogP contribution < -0.4 is 5.32 Å². The highest BCUT2D eigenvalue weighted by Crippen LogP contribution is 2.19. The van der Waals surface area contributed by atoms with Crippen LogP contribution >= 0.6 is 23.2 Å². The number of carbonyl (C=O) groups is 2. The van der Waals surface area contributed by atoms with E-state index in [0.717, 1.165) is 0 Å². The molecule has 0 radical (unpaired) electrons. The number of nitrogens with one attached hydrogen (secondary N) is 1. The molecule has 102 valence electrons. The Morgan fingerprint density at radius 3 is 2.55 bits per heavy atom. The quantitative estimate of drug-likeness (QED) is 0.909. The molecule has 20 heavy (non-hydrogen) atoms. The zero-order chi connectivity index (χ0) is 14.7. The van der Waals surface area contributed by atoms with Gasteiger partial charge in [0.15, 0.2) is 0 Å². The molecule has 6 nitrogen and oxygen atoms in total. The van der Waals surface area contributed by atoms with Gasteiger partial charge in [0.05, 0.1) is 18.0 Å². The Kier molecular flexibility index (Phi) is 4.16. The predicted octanol–water partition coefficient (Wildman–Crippen LogP) is 2.73. The van der Waals surface area contributed by atoms with Crippen LogP contribution in [0.25, 0.3) is 0 Å². The number of amides is 1. The largest absolute Gasteiger partial charge is 0.478 e. The van der Waals surface area contributed by atoms with E-state index in [-0.39, 0.29) is 27.1 Å². The van der Waals surface area contributed by atoms with E-state index in [1.165, 1.54) is 30.6 Å². The maximum atomic E-state index is 11.9. The van der Waals surface area contributed by atoms with E-state index in [4.69, 9.17) is 28.3 Å². The minimum absolute atomic E-state index is 0.00866. The molecule has 0 unspecified atom stereocenters. The van der Waals surface area contributed by atoms with Gasteiger partial charge in [-0.05, 0) is 18.2 Å². The van der Waals surface area contributed by atoms with Crippen molar-refractivity contribution in [3.63, 3.8) is 0 Å². The summed E-state index contributed by atoms with van der Waals surface area (Å²) in [6, 6.07) is 3.98. The number of rotatable bonds is 3. The van der Waals surface area contributed by atoms with Crippen molar-refractivity contribution < 1.29 is 14.7 Å². The van der Waals surface area contributed by atoms with Crippen molar-refractivity contribution in [2.75, 3.05) is 5.32 Å². The van der Waals surface area contributed by atoms with Gasteiger partial charge in [0, 0.05) is 10.7 Å². The number of halogens is 2. The third kappa shape index (κ3) is 3.43. The first-order valence-electron chi connectivity index (χ1n) is 5.28.